The van der Waals surface area contributed by atoms with E-state index in [4.69, 9.17) is 41.1 Å². The molecule has 11 nitrogen and oxygen atoms in total. The number of aliphatic hydroxyl groups is 2. The Hall–Kier alpha value is -1.76. The number of phosphoric acid groups is 1. The highest BCUT2D eigenvalue weighted by atomic mass is 35.5. The van der Waals surface area contributed by atoms with Gasteiger partial charge in [0.05, 0.1) is 10.7 Å². The first kappa shape index (κ1) is 18.8. The van der Waals surface area contributed by atoms with Gasteiger partial charge >= 0.3 is 13.5 Å². The second-order valence-corrected chi connectivity index (χ2v) is 8.70. The topological polar surface area (TPSA) is 149 Å². The number of nitrogens with zero attached hydrogens (tertiary/aromatic N) is 1. The molecule has 1 unspecified atom stereocenters. The smallest absolute Gasteiger partial charge is 0.404 e. The lowest BCUT2D eigenvalue weighted by Crippen LogP contribution is -2.43. The maximum absolute atomic E-state index is 15.8. The number of aromatic nitrogens is 2. The van der Waals surface area contributed by atoms with Gasteiger partial charge in [0.2, 0.25) is 0 Å². The van der Waals surface area contributed by atoms with Crippen molar-refractivity contribution < 1.29 is 41.6 Å². The van der Waals surface area contributed by atoms with Crippen molar-refractivity contribution in [3.05, 3.63) is 60.8 Å². The summed E-state index contributed by atoms with van der Waals surface area (Å²) in [5.74, 6) is -4.18. The quantitative estimate of drug-likeness (QED) is 0.529. The fraction of sp³-hybridized carbons (Fsp3) is 0.375. The molecule has 1 aromatic carbocycles. The van der Waals surface area contributed by atoms with Crippen molar-refractivity contribution in [3.8, 4) is 5.75 Å². The molecule has 1 saturated heterocycles. The predicted molar refractivity (Wildman–Crippen MR) is 103 cm³/mol. The van der Waals surface area contributed by atoms with Crippen LogP contribution in [-0.2, 0) is 25.0 Å². The maximum Gasteiger partial charge on any atom is 0.530 e. The van der Waals surface area contributed by atoms with Crippen LogP contribution in [0.15, 0.2) is 34.0 Å². The van der Waals surface area contributed by atoms with Gasteiger partial charge in [-0.15, -0.1) is 0 Å². The van der Waals surface area contributed by atoms with Gasteiger partial charge < -0.3 is 19.5 Å². The van der Waals surface area contributed by atoms with E-state index in [1.54, 1.807) is 4.98 Å². The van der Waals surface area contributed by atoms with Crippen LogP contribution in [0.3, 0.4) is 0 Å². The summed E-state index contributed by atoms with van der Waals surface area (Å²) in [6.45, 7) is -4.33. The first-order valence-electron chi connectivity index (χ1n) is 9.82. The molecule has 168 valence electrons. The van der Waals surface area contributed by atoms with Crippen molar-refractivity contribution in [3.63, 3.8) is 0 Å². The minimum absolute atomic E-state index is 0.0695. The van der Waals surface area contributed by atoms with E-state index < -0.39 is 61.5 Å². The molecule has 0 bridgehead atoms. The molecular formula is C16H14Cl2FN2O9P. The number of ether oxygens (including phenoxy) is 1. The van der Waals surface area contributed by atoms with Crippen LogP contribution in [-0.4, -0.2) is 44.4 Å². The van der Waals surface area contributed by atoms with Crippen molar-refractivity contribution in [2.75, 3.05) is 6.56 Å². The van der Waals surface area contributed by atoms with E-state index in [2.05, 4.69) is 4.52 Å². The van der Waals surface area contributed by atoms with Crippen LogP contribution in [0.5, 0.6) is 5.75 Å². The second kappa shape index (κ2) is 7.98. The van der Waals surface area contributed by atoms with Gasteiger partial charge in [0.25, 0.3) is 11.4 Å². The van der Waals surface area contributed by atoms with Gasteiger partial charge in [-0.05, 0) is 18.2 Å². The Morgan fingerprint density at radius 1 is 1.45 bits per heavy atom. The SMILES string of the molecule is [2H]C([2H])(OP1(=O)OCc2cc(Cl)ccc2O1)[C@@]1(F)O[C@@]([2H])(n2cc(Cl)c(=O)[nH]c2=O)[C@H](O)[C@@H]1O. The molecule has 31 heavy (non-hydrogen) atoms. The number of nitrogens with one attached hydrogen (secondary N) is 1. The number of fused-ring (bicyclic) bond motifs is 1. The lowest BCUT2D eigenvalue weighted by molar-refractivity contribution is -0.205. The van der Waals surface area contributed by atoms with Gasteiger partial charge in [0, 0.05) is 16.8 Å². The molecule has 3 N–H and O–H groups in total. The van der Waals surface area contributed by atoms with Gasteiger partial charge in [-0.2, -0.15) is 0 Å². The average molecular weight is 502 g/mol. The Morgan fingerprint density at radius 3 is 2.94 bits per heavy atom. The Kier molecular flexibility index (Phi) is 4.83. The van der Waals surface area contributed by atoms with E-state index in [1.165, 1.54) is 18.2 Å². The Balaban J connectivity index is 1.67. The highest BCUT2D eigenvalue weighted by Crippen LogP contribution is 2.56. The van der Waals surface area contributed by atoms with Gasteiger partial charge in [0.15, 0.2) is 6.20 Å². The molecule has 2 aliphatic rings. The highest BCUT2D eigenvalue weighted by molar-refractivity contribution is 7.49. The van der Waals surface area contributed by atoms with Crippen molar-refractivity contribution in [2.24, 2.45) is 0 Å². The largest absolute Gasteiger partial charge is 0.530 e. The summed E-state index contributed by atoms with van der Waals surface area (Å²) in [5, 5.41) is 20.2. The molecule has 2 aromatic rings. The molecule has 4 rings (SSSR count). The van der Waals surface area contributed by atoms with Crippen molar-refractivity contribution in [2.45, 2.75) is 30.9 Å². The third-order valence-corrected chi connectivity index (χ3v) is 5.91. The van der Waals surface area contributed by atoms with Gasteiger partial charge in [0.1, 0.15) is 29.5 Å². The van der Waals surface area contributed by atoms with E-state index in [9.17, 15) is 24.4 Å². The van der Waals surface area contributed by atoms with Crippen molar-refractivity contribution in [1.82, 2.24) is 9.55 Å². The number of rotatable bonds is 4. The molecule has 15 heteroatoms. The Labute approximate surface area is 186 Å². The summed E-state index contributed by atoms with van der Waals surface area (Å²) in [4.78, 5) is 25.3. The number of aromatic amines is 1. The van der Waals surface area contributed by atoms with Crippen molar-refractivity contribution in [1.29, 1.82) is 0 Å². The minimum atomic E-state index is -4.89. The maximum atomic E-state index is 15.8. The fourth-order valence-electron chi connectivity index (χ4n) is 2.70. The lowest BCUT2D eigenvalue weighted by atomic mass is 10.1. The molecule has 3 heterocycles. The molecule has 2 aliphatic heterocycles. The molecule has 0 aliphatic carbocycles. The number of alkyl halides is 1. The van der Waals surface area contributed by atoms with Crippen LogP contribution in [0.4, 0.5) is 4.39 Å². The van der Waals surface area contributed by atoms with Gasteiger partial charge in [-0.1, -0.05) is 23.2 Å². The number of hydrogen-bond donors (Lipinski definition) is 3. The number of hydrogen-bond acceptors (Lipinski definition) is 9. The number of aliphatic hydroxyl groups excluding tert-OH is 2. The fourth-order valence-corrected chi connectivity index (χ4v) is 4.14. The molecule has 0 amide bonds. The van der Waals surface area contributed by atoms with Crippen LogP contribution in [0, 0.1) is 0 Å². The van der Waals surface area contributed by atoms with Crippen LogP contribution in [0.2, 0.25) is 10.0 Å². The van der Waals surface area contributed by atoms with E-state index in [-0.39, 0.29) is 10.3 Å². The highest BCUT2D eigenvalue weighted by Gasteiger charge is 2.57. The molecule has 0 spiro atoms. The summed E-state index contributed by atoms with van der Waals surface area (Å²) in [6, 6.07) is 4.05. The summed E-state index contributed by atoms with van der Waals surface area (Å²) >= 11 is 11.4. The van der Waals surface area contributed by atoms with E-state index in [0.29, 0.717) is 16.8 Å². The normalized spacial score (nSPS) is 36.7. The first-order valence-corrected chi connectivity index (χ1v) is 10.5. The van der Waals surface area contributed by atoms with Gasteiger partial charge in [-0.25, -0.2) is 13.8 Å². The molecule has 0 radical (unpaired) electrons. The predicted octanol–water partition coefficient (Wildman–Crippen LogP) is 1.49. The monoisotopic (exact) mass is 501 g/mol. The average Bonchev–Trinajstić information content (AvgIpc) is 2.92. The lowest BCUT2D eigenvalue weighted by Gasteiger charge is -2.28. The second-order valence-electron chi connectivity index (χ2n) is 6.34. The molecule has 5 atom stereocenters. The summed E-state index contributed by atoms with van der Waals surface area (Å²) in [6.07, 6.45) is -8.24. The first-order chi connectivity index (χ1) is 15.6. The number of benzene rings is 1. The van der Waals surface area contributed by atoms with Crippen LogP contribution >= 0.6 is 31.0 Å². The zero-order valence-electron chi connectivity index (χ0n) is 18.0. The number of H-pyrrole nitrogens is 1. The van der Waals surface area contributed by atoms with E-state index in [0.717, 1.165) is 0 Å². The van der Waals surface area contributed by atoms with Gasteiger partial charge in [-0.3, -0.25) is 23.4 Å². The van der Waals surface area contributed by atoms with Crippen molar-refractivity contribution >= 4 is 31.0 Å². The van der Waals surface area contributed by atoms with E-state index in [1.807, 2.05) is 0 Å². The zero-order valence-corrected chi connectivity index (χ0v) is 17.4. The Morgan fingerprint density at radius 2 is 2.19 bits per heavy atom. The minimum Gasteiger partial charge on any atom is -0.404 e. The summed E-state index contributed by atoms with van der Waals surface area (Å²) < 4.78 is 72.2. The molecule has 0 saturated carbocycles. The standard InChI is InChI=1S/C16H14Cl2FN2O9P/c17-8-1-2-10-7(3-8)5-27-31(26,30-10)28-6-16(19)12(23)11(22)14(29-16)21-4-9(18)13(24)20-15(21)25/h1-4,11-12,14,22-23H,5-6H2,(H,20,24,25)/t11-,12+,14-,16-,31?/m1/s1/i6D2,14D. The zero-order chi connectivity index (χ0) is 25.3. The third kappa shape index (κ3) is 4.18. The van der Waals surface area contributed by atoms with Crippen LogP contribution in [0.25, 0.3) is 0 Å². The summed E-state index contributed by atoms with van der Waals surface area (Å²) in [5.41, 5.74) is -2.15. The van der Waals surface area contributed by atoms with Crippen LogP contribution < -0.4 is 15.8 Å². The number of halogens is 3. The molecule has 1 aromatic heterocycles. The van der Waals surface area contributed by atoms with E-state index >= 15 is 4.39 Å². The third-order valence-electron chi connectivity index (χ3n) is 4.23. The Bertz CT molecular complexity index is 1330. The number of phosphoric ester groups is 1. The molecular weight excluding hydrogens is 485 g/mol. The van der Waals surface area contributed by atoms with Crippen LogP contribution in [0.1, 0.15) is 15.9 Å². The molecule has 1 fully saturated rings. The summed E-state index contributed by atoms with van der Waals surface area (Å²) in [7, 11) is -4.89.